The molecule has 0 saturated carbocycles. The first-order valence-corrected chi connectivity index (χ1v) is 28.1. The van der Waals surface area contributed by atoms with Crippen LogP contribution in [0.3, 0.4) is 0 Å². The fourth-order valence-electron chi connectivity index (χ4n) is 11.9. The molecule has 0 spiro atoms. The molecule has 0 amide bonds. The average Bonchev–Trinajstić information content (AvgIpc) is 1.09. The zero-order valence-corrected chi connectivity index (χ0v) is 47.4. The van der Waals surface area contributed by atoms with E-state index < -0.39 is 299 Å². The van der Waals surface area contributed by atoms with Gasteiger partial charge in [-0.1, -0.05) is 0 Å². The maximum Gasteiger partial charge on any atom is 2.00 e. The van der Waals surface area contributed by atoms with Gasteiger partial charge in [0.05, 0.1) is 52.9 Å². The summed E-state index contributed by atoms with van der Waals surface area (Å²) in [6.07, 6.45) is -82.0. The Morgan fingerprint density at radius 3 is 0.315 bits per heavy atom. The monoisotopic (exact) mass is 1360 g/mol. The van der Waals surface area contributed by atoms with Crippen molar-refractivity contribution < 1.29 is 215 Å². The van der Waals surface area contributed by atoms with E-state index in [-0.39, 0.29) is 16.8 Å². The molecule has 30 heterocycles. The second-order valence-electron chi connectivity index (χ2n) is 22.5. The number of rotatable bonds is 8. The van der Waals surface area contributed by atoms with Gasteiger partial charge in [-0.2, -0.15) is 0 Å². The zero-order chi connectivity index (χ0) is 64.1. The standard InChI is InChI=1S/C48H80O40.Co/c49-1-9-33-17(57)25(65)41(73-9)82-34-10(2-50)75-43(27(67)19(34)59)84-36-12(4-52)77-45(29(69)21(36)61)86-38-14(6-54)79-47(31(71)23(38)63)88-40-16(8-56)80-48(32(72)24(40)64)87-39-15(7-55)78-46(30(70)22(39)62)85-37-13(5-53)76-44(28(68)20(37)60)83-35-11(3-51)74-42(81-33)26(66)18(35)58;/h9-72H,1-8H2;/q;+2/t9-,10-,11-,12-,13-,14-,15-,16-,17-,18-,19-,20-,21-,22-,23-,24-,25-,26-,27-,28-,29-,30-,31-,32-,33-,34-,35-,36-,37-,38-,39-,40-,41-,42-,43-,44-,45-,46-,47-,48-;/m1./s1. The number of aliphatic hydroxyl groups excluding tert-OH is 24. The third-order valence-electron chi connectivity index (χ3n) is 16.9. The minimum absolute atomic E-state index is 0. The average molecular weight is 1360 g/mol. The Labute approximate surface area is 512 Å². The summed E-state index contributed by atoms with van der Waals surface area (Å²) in [5.74, 6) is 0. The van der Waals surface area contributed by atoms with Gasteiger partial charge >= 0.3 is 16.8 Å². The first-order valence-electron chi connectivity index (χ1n) is 28.1. The van der Waals surface area contributed by atoms with E-state index in [9.17, 15) is 123 Å². The molecule has 30 saturated heterocycles. The molecular weight excluding hydrogens is 1280 g/mol. The van der Waals surface area contributed by atoms with Crippen LogP contribution < -0.4 is 0 Å². The molecule has 0 aliphatic carbocycles. The summed E-state index contributed by atoms with van der Waals surface area (Å²) in [5, 5.41) is 265. The number of hydrogen-bond donors (Lipinski definition) is 24. The van der Waals surface area contributed by atoms with Gasteiger partial charge in [0.2, 0.25) is 0 Å². The second-order valence-corrected chi connectivity index (χ2v) is 22.5. The van der Waals surface area contributed by atoms with Crippen molar-refractivity contribution in [2.45, 2.75) is 246 Å². The SMILES string of the molecule is OC[C@H]1O[C@@H]2O[C@H]3[C@H](O)[C@@H](O)[C@@H](O[C@H]4[C@H](O)[C@@H](O)[C@@H](O[C@H]5[C@H](O)[C@@H](O)[C@@H](O[C@H]6[C@H](O)[C@@H](O)[C@@H](O[C@H]7[C@H](O)[C@@H](O)[C@@H](O[C@H]8[C@H](O)[C@@H](O)[C@@H](O[C@H]9[C@H](O)[C@@H](O)[C@@H](O[C@H]1[C@H](O)[C@H]2O)O[C@@H]9CO)O[C@@H]8CO)O[C@@H]7CO)O[C@@H]6CO)O[C@@H]5CO)O[C@@H]4CO)O[C@@H]3CO.[Co+2]. The molecule has 24 N–H and O–H groups in total. The van der Waals surface area contributed by atoms with Crippen molar-refractivity contribution in [1.82, 2.24) is 0 Å². The van der Waals surface area contributed by atoms with E-state index in [0.29, 0.717) is 0 Å². The van der Waals surface area contributed by atoms with Gasteiger partial charge in [0.15, 0.2) is 50.3 Å². The zero-order valence-electron chi connectivity index (χ0n) is 46.3. The Morgan fingerprint density at radius 2 is 0.236 bits per heavy atom. The smallest absolute Gasteiger partial charge is 0.394 e. The van der Waals surface area contributed by atoms with Crippen molar-refractivity contribution in [2.24, 2.45) is 0 Å². The van der Waals surface area contributed by atoms with Gasteiger partial charge in [-0.25, -0.2) is 0 Å². The van der Waals surface area contributed by atoms with Crippen LogP contribution in [0.5, 0.6) is 0 Å². The maximum absolute atomic E-state index is 11.4. The number of aliphatic hydroxyl groups is 24. The van der Waals surface area contributed by atoms with Crippen molar-refractivity contribution in [3.8, 4) is 0 Å². The largest absolute Gasteiger partial charge is 2.00 e. The van der Waals surface area contributed by atoms with Crippen molar-refractivity contribution in [3.05, 3.63) is 0 Å². The van der Waals surface area contributed by atoms with Gasteiger partial charge in [-0.3, -0.25) is 0 Å². The summed E-state index contributed by atoms with van der Waals surface area (Å²) in [4.78, 5) is 0. The van der Waals surface area contributed by atoms with Crippen LogP contribution in [0.4, 0.5) is 0 Å². The molecule has 30 rings (SSSR count). The van der Waals surface area contributed by atoms with E-state index >= 15 is 0 Å². The summed E-state index contributed by atoms with van der Waals surface area (Å²) in [6.45, 7) is -8.64. The van der Waals surface area contributed by atoms with Crippen LogP contribution in [0.25, 0.3) is 0 Å². The van der Waals surface area contributed by atoms with Crippen LogP contribution in [0.1, 0.15) is 0 Å². The van der Waals surface area contributed by atoms with E-state index in [0.717, 1.165) is 0 Å². The molecule has 16 bridgehead atoms. The van der Waals surface area contributed by atoms with Crippen molar-refractivity contribution >= 4 is 0 Å². The quantitative estimate of drug-likeness (QED) is 0.107. The van der Waals surface area contributed by atoms with Crippen LogP contribution in [0.2, 0.25) is 0 Å². The van der Waals surface area contributed by atoms with Gasteiger partial charge in [-0.15, -0.1) is 0 Å². The Bertz CT molecular complexity index is 1710. The van der Waals surface area contributed by atoms with Crippen LogP contribution in [-0.4, -0.2) is 421 Å². The van der Waals surface area contributed by atoms with Crippen LogP contribution in [0, 0.1) is 0 Å². The fraction of sp³-hybridized carbons (Fsp3) is 1.00. The second kappa shape index (κ2) is 31.4. The van der Waals surface area contributed by atoms with Gasteiger partial charge in [0.1, 0.15) is 195 Å². The van der Waals surface area contributed by atoms with Crippen molar-refractivity contribution in [3.63, 3.8) is 0 Å². The molecule has 30 fully saturated rings. The van der Waals surface area contributed by atoms with Crippen LogP contribution in [0.15, 0.2) is 0 Å². The molecule has 40 atom stereocenters. The van der Waals surface area contributed by atoms with E-state index in [4.69, 9.17) is 75.8 Å². The minimum Gasteiger partial charge on any atom is -0.394 e. The fourth-order valence-corrected chi connectivity index (χ4v) is 11.9. The molecule has 40 nitrogen and oxygen atoms in total. The predicted molar refractivity (Wildman–Crippen MR) is 261 cm³/mol. The summed E-state index contributed by atoms with van der Waals surface area (Å²) < 4.78 is 91.1. The third kappa shape index (κ3) is 14.6. The third-order valence-corrected chi connectivity index (χ3v) is 16.9. The predicted octanol–water partition coefficient (Wildman–Crippen LogP) is -17.4. The molecule has 1 radical (unpaired) electrons. The number of ether oxygens (including phenoxy) is 16. The van der Waals surface area contributed by atoms with Crippen molar-refractivity contribution in [1.29, 1.82) is 0 Å². The molecular formula is C48H80CoO40+2. The molecule has 0 aromatic rings. The molecule has 89 heavy (non-hydrogen) atoms. The Balaban J connectivity index is 0.0000102. The summed E-state index contributed by atoms with van der Waals surface area (Å²) >= 11 is 0. The summed E-state index contributed by atoms with van der Waals surface area (Å²) in [7, 11) is 0. The Kier molecular flexibility index (Phi) is 26.0. The van der Waals surface area contributed by atoms with Gasteiger partial charge in [0.25, 0.3) is 0 Å². The topological polar surface area (TPSA) is 633 Å². The van der Waals surface area contributed by atoms with Crippen LogP contribution >= 0.6 is 0 Å². The minimum atomic E-state index is -2.25. The summed E-state index contributed by atoms with van der Waals surface area (Å²) in [5.41, 5.74) is 0. The van der Waals surface area contributed by atoms with Gasteiger partial charge in [0, 0.05) is 0 Å². The van der Waals surface area contributed by atoms with Crippen LogP contribution in [-0.2, 0) is 92.6 Å². The Morgan fingerprint density at radius 1 is 0.146 bits per heavy atom. The van der Waals surface area contributed by atoms with E-state index in [1.54, 1.807) is 0 Å². The van der Waals surface area contributed by atoms with E-state index in [2.05, 4.69) is 0 Å². The molecule has 30 aliphatic rings. The van der Waals surface area contributed by atoms with E-state index in [1.807, 2.05) is 0 Å². The first kappa shape index (κ1) is 73.7. The normalized spacial score (nSPS) is 54.7. The number of hydrogen-bond acceptors (Lipinski definition) is 40. The maximum atomic E-state index is 11.4. The van der Waals surface area contributed by atoms with Crippen molar-refractivity contribution in [2.75, 3.05) is 52.9 Å². The van der Waals surface area contributed by atoms with Gasteiger partial charge < -0.3 is 198 Å². The molecule has 41 heteroatoms. The Hall–Kier alpha value is -1.09. The molecule has 519 valence electrons. The molecule has 30 aliphatic heterocycles. The first-order chi connectivity index (χ1) is 41.9. The molecule has 0 aromatic carbocycles. The summed E-state index contributed by atoms with van der Waals surface area (Å²) in [6, 6.07) is 0. The molecule has 0 aromatic heterocycles. The van der Waals surface area contributed by atoms with Gasteiger partial charge in [-0.05, 0) is 0 Å². The molecule has 0 unspecified atom stereocenters. The van der Waals surface area contributed by atoms with E-state index in [1.165, 1.54) is 0 Å².